The number of anilines is 2. The highest BCUT2D eigenvalue weighted by atomic mass is 35.5. The van der Waals surface area contributed by atoms with Crippen LogP contribution in [0.15, 0.2) is 61.4 Å². The minimum absolute atomic E-state index is 0.00786. The monoisotopic (exact) mass is 1050 g/mol. The molecule has 0 saturated heterocycles. The molecule has 18 nitrogen and oxygen atoms in total. The van der Waals surface area contributed by atoms with Crippen LogP contribution in [0.5, 0.6) is 0 Å². The fraction of sp³-hybridized carbons (Fsp3) is 0.519. The van der Waals surface area contributed by atoms with Crippen molar-refractivity contribution >= 4 is 79.0 Å². The molecule has 6 heterocycles. The van der Waals surface area contributed by atoms with Crippen molar-refractivity contribution in [3.63, 3.8) is 0 Å². The van der Waals surface area contributed by atoms with E-state index in [1.807, 2.05) is 59.6 Å². The lowest BCUT2D eigenvalue weighted by molar-refractivity contribution is -0.00658. The number of benzene rings is 2. The molecule has 4 aliphatic carbocycles. The summed E-state index contributed by atoms with van der Waals surface area (Å²) in [5, 5.41) is 46.5. The molecule has 0 spiro atoms. The van der Waals surface area contributed by atoms with Crippen LogP contribution in [0.2, 0.25) is 10.0 Å². The van der Waals surface area contributed by atoms with Crippen LogP contribution >= 0.6 is 23.2 Å². The molecule has 8 atom stereocenters. The number of nitrogens with one attached hydrogen (secondary N) is 2. The third-order valence-electron chi connectivity index (χ3n) is 17.3. The summed E-state index contributed by atoms with van der Waals surface area (Å²) < 4.78 is 3.88. The van der Waals surface area contributed by atoms with E-state index in [-0.39, 0.29) is 23.9 Å². The van der Waals surface area contributed by atoms with Crippen molar-refractivity contribution in [1.29, 1.82) is 0 Å². The predicted molar refractivity (Wildman–Crippen MR) is 289 cm³/mol. The van der Waals surface area contributed by atoms with Crippen molar-refractivity contribution in [2.24, 2.45) is 23.7 Å². The summed E-state index contributed by atoms with van der Waals surface area (Å²) in [6.07, 6.45) is 13.5. The molecule has 8 aromatic rings. The van der Waals surface area contributed by atoms with Gasteiger partial charge in [0.2, 0.25) is 0 Å². The zero-order valence-corrected chi connectivity index (χ0v) is 43.9. The number of aliphatic hydroxyl groups is 4. The second kappa shape index (κ2) is 20.6. The van der Waals surface area contributed by atoms with Crippen molar-refractivity contribution in [3.05, 3.63) is 94.3 Å². The molecular formula is C54H68Cl2N14O4. The van der Waals surface area contributed by atoms with Crippen LogP contribution in [0.3, 0.4) is 0 Å². The summed E-state index contributed by atoms with van der Waals surface area (Å²) in [5.74, 6) is 4.22. The number of nitrogens with two attached hydrogens (primary N) is 2. The van der Waals surface area contributed by atoms with Crippen LogP contribution in [-0.4, -0.2) is 143 Å². The molecule has 0 amide bonds. The number of H-pyrrole nitrogens is 2. The summed E-state index contributed by atoms with van der Waals surface area (Å²) in [6, 6.07) is 12.3. The van der Waals surface area contributed by atoms with E-state index in [0.717, 1.165) is 130 Å². The second-order valence-electron chi connectivity index (χ2n) is 22.1. The second-order valence-corrected chi connectivity index (χ2v) is 22.9. The zero-order chi connectivity index (χ0) is 51.7. The van der Waals surface area contributed by atoms with E-state index < -0.39 is 24.4 Å². The molecule has 12 rings (SSSR count). The fourth-order valence-electron chi connectivity index (χ4n) is 12.6. The number of hydrogen-bond donors (Lipinski definition) is 8. The normalized spacial score (nSPS) is 27.9. The number of aromatic amines is 2. The molecule has 0 aliphatic heterocycles. The quantitative estimate of drug-likeness (QED) is 0.0548. The standard InChI is InChI=1S/2C27H34ClN7O2/c2*1-14-7-20-21(11-19(14)28)33-23(32-20)4-3-15-8-17(9-15)34(2)12-16-10-22(25(37)24(16)36)35-6-5-18-26(29)30-13-31-27(18)35/h2*5-7,11,13,15-17,22,24-25,36-37H,3-4,8-10,12H2,1-2H3,(H,32,33)(H2,29,30,31)/t2*15?,16-,17?,22-,24-,25+/m11/s1. The maximum atomic E-state index is 10.9. The van der Waals surface area contributed by atoms with Crippen LogP contribution < -0.4 is 11.5 Å². The van der Waals surface area contributed by atoms with E-state index >= 15 is 0 Å². The highest BCUT2D eigenvalue weighted by Crippen LogP contribution is 2.43. The smallest absolute Gasteiger partial charge is 0.145 e. The molecule has 6 aromatic heterocycles. The van der Waals surface area contributed by atoms with Gasteiger partial charge >= 0.3 is 0 Å². The van der Waals surface area contributed by atoms with Crippen molar-refractivity contribution < 1.29 is 20.4 Å². The summed E-state index contributed by atoms with van der Waals surface area (Å²) in [7, 11) is 4.27. The van der Waals surface area contributed by atoms with Gasteiger partial charge < -0.3 is 60.8 Å². The van der Waals surface area contributed by atoms with Gasteiger partial charge in [0.25, 0.3) is 0 Å². The van der Waals surface area contributed by atoms with E-state index in [1.165, 1.54) is 12.7 Å². The molecule has 74 heavy (non-hydrogen) atoms. The van der Waals surface area contributed by atoms with Gasteiger partial charge in [-0.05, 0) is 139 Å². The molecule has 4 fully saturated rings. The first-order valence-corrected chi connectivity index (χ1v) is 26.9. The average molecular weight is 1050 g/mol. The van der Waals surface area contributed by atoms with E-state index in [0.29, 0.717) is 59.7 Å². The Morgan fingerprint density at radius 2 is 1.00 bits per heavy atom. The lowest BCUT2D eigenvalue weighted by Crippen LogP contribution is -2.46. The largest absolute Gasteiger partial charge is 0.390 e. The molecule has 20 heteroatoms. The maximum absolute atomic E-state index is 10.9. The zero-order valence-electron chi connectivity index (χ0n) is 42.4. The number of nitrogens with zero attached hydrogens (tertiary/aromatic N) is 10. The summed E-state index contributed by atoms with van der Waals surface area (Å²) in [6.45, 7) is 5.52. The van der Waals surface area contributed by atoms with Gasteiger partial charge in [0.15, 0.2) is 0 Å². The van der Waals surface area contributed by atoms with Crippen molar-refractivity contribution in [3.8, 4) is 0 Å². The van der Waals surface area contributed by atoms with Crippen molar-refractivity contribution in [2.45, 2.75) is 127 Å². The van der Waals surface area contributed by atoms with Crippen LogP contribution in [0.4, 0.5) is 11.6 Å². The van der Waals surface area contributed by atoms with Gasteiger partial charge in [-0.2, -0.15) is 0 Å². The first-order valence-electron chi connectivity index (χ1n) is 26.1. The number of fused-ring (bicyclic) bond motifs is 4. The number of imidazole rings is 2. The number of hydrogen-bond acceptors (Lipinski definition) is 14. The summed E-state index contributed by atoms with van der Waals surface area (Å²) >= 11 is 12.5. The molecule has 4 saturated carbocycles. The van der Waals surface area contributed by atoms with Gasteiger partial charge in [0, 0.05) is 72.3 Å². The lowest BCUT2D eigenvalue weighted by Gasteiger charge is -2.42. The minimum atomic E-state index is -0.846. The van der Waals surface area contributed by atoms with Gasteiger partial charge in [-0.15, -0.1) is 0 Å². The Morgan fingerprint density at radius 3 is 1.41 bits per heavy atom. The van der Waals surface area contributed by atoms with Crippen LogP contribution in [-0.2, 0) is 12.8 Å². The van der Waals surface area contributed by atoms with Gasteiger partial charge in [-0.3, -0.25) is 0 Å². The Morgan fingerprint density at radius 1 is 0.595 bits per heavy atom. The molecule has 4 aliphatic rings. The molecule has 0 bridgehead atoms. The Kier molecular flexibility index (Phi) is 14.1. The number of aliphatic hydroxyl groups excluding tert-OH is 4. The predicted octanol–water partition coefficient (Wildman–Crippen LogP) is 6.96. The topological polar surface area (TPSA) is 258 Å². The lowest BCUT2D eigenvalue weighted by atomic mass is 9.76. The van der Waals surface area contributed by atoms with Gasteiger partial charge in [0.1, 0.15) is 59.4 Å². The first-order chi connectivity index (χ1) is 35.6. The Balaban J connectivity index is 0.000000159. The first kappa shape index (κ1) is 50.7. The Bertz CT molecular complexity index is 3000. The third-order valence-corrected chi connectivity index (χ3v) is 18.1. The summed E-state index contributed by atoms with van der Waals surface area (Å²) in [5.41, 5.74) is 19.4. The third kappa shape index (κ3) is 9.83. The van der Waals surface area contributed by atoms with Crippen LogP contribution in [0.25, 0.3) is 44.1 Å². The van der Waals surface area contributed by atoms with Crippen LogP contribution in [0, 0.1) is 37.5 Å². The minimum Gasteiger partial charge on any atom is -0.390 e. The molecule has 0 unspecified atom stereocenters. The SMILES string of the molecule is Cc1cc2[nH]c(CCC3CC(N(C)C[C@H]4C[C@@H](n5ccc6c(N)ncnc65)[C@H](O)[C@@H]4O)C3)nc2cc1Cl.Cc1cc2[nH]c(CCC3CC(N(C)C[C@H]4C[C@@H](n5ccc6c(N)ncnc65)[C@H](O)[C@@H]4O)C3)nc2cc1Cl. The Labute approximate surface area is 439 Å². The van der Waals surface area contributed by atoms with E-state index in [2.05, 4.69) is 65.9 Å². The summed E-state index contributed by atoms with van der Waals surface area (Å²) in [4.78, 5) is 37.9. The number of nitrogen functional groups attached to an aromatic ring is 2. The molecular weight excluding hydrogens is 980 g/mol. The maximum Gasteiger partial charge on any atom is 0.145 e. The number of halogens is 2. The highest BCUT2D eigenvalue weighted by Gasteiger charge is 2.46. The Hall–Kier alpha value is -5.44. The molecule has 10 N–H and O–H groups in total. The molecule has 2 aromatic carbocycles. The van der Waals surface area contributed by atoms with Crippen LogP contribution in [0.1, 0.15) is 86.2 Å². The molecule has 392 valence electrons. The number of aromatic nitrogens is 10. The average Bonchev–Trinajstić information content (AvgIpc) is 4.21. The van der Waals surface area contributed by atoms with E-state index in [1.54, 1.807) is 0 Å². The van der Waals surface area contributed by atoms with Gasteiger partial charge in [0.05, 0.1) is 57.1 Å². The van der Waals surface area contributed by atoms with Gasteiger partial charge in [-0.1, -0.05) is 23.2 Å². The van der Waals surface area contributed by atoms with Crippen molar-refractivity contribution in [1.82, 2.24) is 58.8 Å². The van der Waals surface area contributed by atoms with E-state index in [4.69, 9.17) is 44.6 Å². The van der Waals surface area contributed by atoms with E-state index in [9.17, 15) is 20.4 Å². The number of rotatable bonds is 14. The van der Waals surface area contributed by atoms with Crippen molar-refractivity contribution in [2.75, 3.05) is 38.7 Å². The number of aryl methyl sites for hydroxylation is 4. The fourth-order valence-corrected chi connectivity index (χ4v) is 12.9. The van der Waals surface area contributed by atoms with Gasteiger partial charge in [-0.25, -0.2) is 29.9 Å². The highest BCUT2D eigenvalue weighted by molar-refractivity contribution is 6.32. The molecule has 0 radical (unpaired) electrons.